The van der Waals surface area contributed by atoms with E-state index in [0.717, 1.165) is 6.54 Å². The number of thioether (sulfide) groups is 1. The maximum Gasteiger partial charge on any atom is 0.490 e. The summed E-state index contributed by atoms with van der Waals surface area (Å²) in [5.74, 6) is -1.58. The number of aromatic nitrogens is 1. The van der Waals surface area contributed by atoms with Crippen LogP contribution in [0, 0.1) is 11.8 Å². The summed E-state index contributed by atoms with van der Waals surface area (Å²) in [7, 11) is 0. The van der Waals surface area contributed by atoms with Gasteiger partial charge in [-0.1, -0.05) is 0 Å². The fraction of sp³-hybridized carbons (Fsp3) is 0.556. The van der Waals surface area contributed by atoms with Crippen LogP contribution in [0.3, 0.4) is 0 Å². The average molecular weight is 449 g/mol. The van der Waals surface area contributed by atoms with E-state index in [-0.39, 0.29) is 23.8 Å². The SMILES string of the molecule is CSCC(=O)N1C[C@@H]2[C@H](CNC(=O)c3ccncc3)CO[C@@H]2C1.O=C(O)C(F)(F)F. The average Bonchev–Trinajstić information content (AvgIpc) is 3.28. The van der Waals surface area contributed by atoms with Crippen LogP contribution in [0.15, 0.2) is 24.5 Å². The molecular formula is C18H22F3N3O5S. The maximum atomic E-state index is 12.1. The topological polar surface area (TPSA) is 109 Å². The first kappa shape index (κ1) is 23.9. The zero-order valence-electron chi connectivity index (χ0n) is 16.1. The van der Waals surface area contributed by atoms with Crippen LogP contribution in [0.2, 0.25) is 0 Å². The Balaban J connectivity index is 0.000000396. The molecule has 2 amide bonds. The minimum Gasteiger partial charge on any atom is -0.475 e. The van der Waals surface area contributed by atoms with Gasteiger partial charge in [0.25, 0.3) is 5.91 Å². The van der Waals surface area contributed by atoms with Crippen molar-refractivity contribution in [2.45, 2.75) is 12.3 Å². The Kier molecular flexibility index (Phi) is 8.47. The van der Waals surface area contributed by atoms with Gasteiger partial charge in [0.2, 0.25) is 5.91 Å². The quantitative estimate of drug-likeness (QED) is 0.697. The highest BCUT2D eigenvalue weighted by Gasteiger charge is 2.45. The molecule has 3 rings (SSSR count). The first-order chi connectivity index (χ1) is 14.1. The second-order valence-corrected chi connectivity index (χ2v) is 7.64. The molecule has 30 heavy (non-hydrogen) atoms. The monoisotopic (exact) mass is 449 g/mol. The highest BCUT2D eigenvalue weighted by atomic mass is 32.2. The Morgan fingerprint density at radius 1 is 1.30 bits per heavy atom. The summed E-state index contributed by atoms with van der Waals surface area (Å²) in [6.45, 7) is 2.64. The summed E-state index contributed by atoms with van der Waals surface area (Å²) in [6.07, 6.45) is 0.178. The smallest absolute Gasteiger partial charge is 0.475 e. The standard InChI is InChI=1S/C16H21N3O3S.C2HF3O2/c1-23-10-15(20)19-7-13-12(9-22-14(13)8-19)6-18-16(21)11-2-4-17-5-3-11;3-2(4,5)1(6)7/h2-5,12-14H,6-10H2,1H3,(H,18,21);(H,6,7)/t12-,13-,14-;/m1./s1. The zero-order chi connectivity index (χ0) is 22.3. The summed E-state index contributed by atoms with van der Waals surface area (Å²) in [6, 6.07) is 3.39. The molecule has 0 saturated carbocycles. The van der Waals surface area contributed by atoms with Gasteiger partial charge in [-0.15, -0.1) is 0 Å². The molecule has 2 aliphatic rings. The molecular weight excluding hydrogens is 427 g/mol. The van der Waals surface area contributed by atoms with Gasteiger partial charge in [-0.05, 0) is 18.4 Å². The molecule has 0 spiro atoms. The number of alkyl halides is 3. The van der Waals surface area contributed by atoms with E-state index in [9.17, 15) is 22.8 Å². The van der Waals surface area contributed by atoms with E-state index in [0.29, 0.717) is 36.9 Å². The molecule has 3 heterocycles. The Morgan fingerprint density at radius 3 is 2.50 bits per heavy atom. The minimum atomic E-state index is -5.08. The number of likely N-dealkylation sites (tertiary alicyclic amines) is 1. The number of amides is 2. The molecule has 0 aliphatic carbocycles. The molecule has 2 saturated heterocycles. The Hall–Kier alpha value is -2.34. The van der Waals surface area contributed by atoms with Crippen molar-refractivity contribution < 1.29 is 37.4 Å². The van der Waals surface area contributed by atoms with E-state index in [1.807, 2.05) is 11.2 Å². The van der Waals surface area contributed by atoms with E-state index in [4.69, 9.17) is 14.6 Å². The number of halogens is 3. The Labute approximate surface area is 175 Å². The number of nitrogens with one attached hydrogen (secondary N) is 1. The molecule has 0 unspecified atom stereocenters. The molecule has 2 fully saturated rings. The van der Waals surface area contributed by atoms with Crippen molar-refractivity contribution in [1.29, 1.82) is 0 Å². The lowest BCUT2D eigenvalue weighted by Gasteiger charge is -2.20. The number of carbonyl (C=O) groups is 3. The number of pyridine rings is 1. The number of fused-ring (bicyclic) bond motifs is 1. The number of nitrogens with zero attached hydrogens (tertiary/aromatic N) is 2. The van der Waals surface area contributed by atoms with Gasteiger partial charge in [0.15, 0.2) is 0 Å². The van der Waals surface area contributed by atoms with Crippen LogP contribution in [0.4, 0.5) is 13.2 Å². The number of ether oxygens (including phenoxy) is 1. The molecule has 166 valence electrons. The minimum absolute atomic E-state index is 0.0934. The third kappa shape index (κ3) is 6.59. The fourth-order valence-electron chi connectivity index (χ4n) is 3.26. The molecule has 0 aromatic carbocycles. The van der Waals surface area contributed by atoms with Gasteiger partial charge in [-0.3, -0.25) is 14.6 Å². The summed E-state index contributed by atoms with van der Waals surface area (Å²) in [5, 5.41) is 10.1. The van der Waals surface area contributed by atoms with Gasteiger partial charge in [0, 0.05) is 49.4 Å². The van der Waals surface area contributed by atoms with E-state index in [2.05, 4.69) is 10.3 Å². The van der Waals surface area contributed by atoms with Crippen molar-refractivity contribution in [3.8, 4) is 0 Å². The second-order valence-electron chi connectivity index (χ2n) is 6.78. The molecule has 1 aromatic rings. The lowest BCUT2D eigenvalue weighted by Crippen LogP contribution is -2.35. The van der Waals surface area contributed by atoms with Gasteiger partial charge in [0.1, 0.15) is 0 Å². The van der Waals surface area contributed by atoms with Crippen molar-refractivity contribution in [3.05, 3.63) is 30.1 Å². The number of carboxylic acid groups (broad SMARTS) is 1. The highest BCUT2D eigenvalue weighted by Crippen LogP contribution is 2.33. The van der Waals surface area contributed by atoms with E-state index >= 15 is 0 Å². The number of aliphatic carboxylic acids is 1. The van der Waals surface area contributed by atoms with E-state index in [1.165, 1.54) is 0 Å². The summed E-state index contributed by atoms with van der Waals surface area (Å²) in [4.78, 5) is 38.8. The van der Waals surface area contributed by atoms with Gasteiger partial charge >= 0.3 is 12.1 Å². The summed E-state index contributed by atoms with van der Waals surface area (Å²) >= 11 is 1.54. The number of carbonyl (C=O) groups excluding carboxylic acids is 2. The van der Waals surface area contributed by atoms with Crippen molar-refractivity contribution in [2.24, 2.45) is 11.8 Å². The van der Waals surface area contributed by atoms with Gasteiger partial charge in [-0.25, -0.2) is 4.79 Å². The van der Waals surface area contributed by atoms with Crippen molar-refractivity contribution in [1.82, 2.24) is 15.2 Å². The molecule has 0 bridgehead atoms. The maximum absolute atomic E-state index is 12.1. The number of hydrogen-bond acceptors (Lipinski definition) is 6. The third-order valence-electron chi connectivity index (χ3n) is 4.77. The molecule has 0 radical (unpaired) electrons. The molecule has 2 N–H and O–H groups in total. The summed E-state index contributed by atoms with van der Waals surface area (Å²) in [5.41, 5.74) is 0.610. The normalized spacial score (nSPS) is 22.7. The van der Waals surface area contributed by atoms with Crippen LogP contribution < -0.4 is 5.32 Å². The number of rotatable bonds is 5. The predicted molar refractivity (Wildman–Crippen MR) is 102 cm³/mol. The predicted octanol–water partition coefficient (Wildman–Crippen LogP) is 1.28. The van der Waals surface area contributed by atoms with Gasteiger partial charge < -0.3 is 20.1 Å². The van der Waals surface area contributed by atoms with Gasteiger partial charge in [-0.2, -0.15) is 24.9 Å². The fourth-order valence-corrected chi connectivity index (χ4v) is 3.69. The lowest BCUT2D eigenvalue weighted by molar-refractivity contribution is -0.192. The van der Waals surface area contributed by atoms with Crippen LogP contribution in [-0.2, 0) is 14.3 Å². The molecule has 1 aromatic heterocycles. The zero-order valence-corrected chi connectivity index (χ0v) is 16.9. The Morgan fingerprint density at radius 2 is 1.93 bits per heavy atom. The number of carboxylic acids is 1. The van der Waals surface area contributed by atoms with Gasteiger partial charge in [0.05, 0.1) is 18.5 Å². The molecule has 3 atom stereocenters. The largest absolute Gasteiger partial charge is 0.490 e. The van der Waals surface area contributed by atoms with Crippen LogP contribution in [0.5, 0.6) is 0 Å². The van der Waals surface area contributed by atoms with Crippen LogP contribution in [0.25, 0.3) is 0 Å². The first-order valence-electron chi connectivity index (χ1n) is 9.00. The molecule has 8 nitrogen and oxygen atoms in total. The third-order valence-corrected chi connectivity index (χ3v) is 5.30. The summed E-state index contributed by atoms with van der Waals surface area (Å²) < 4.78 is 37.6. The van der Waals surface area contributed by atoms with E-state index in [1.54, 1.807) is 36.3 Å². The van der Waals surface area contributed by atoms with Crippen LogP contribution in [-0.4, -0.2) is 83.3 Å². The van der Waals surface area contributed by atoms with Crippen molar-refractivity contribution in [3.63, 3.8) is 0 Å². The van der Waals surface area contributed by atoms with E-state index < -0.39 is 12.1 Å². The van der Waals surface area contributed by atoms with Crippen LogP contribution in [0.1, 0.15) is 10.4 Å². The first-order valence-corrected chi connectivity index (χ1v) is 10.4. The second kappa shape index (κ2) is 10.6. The lowest BCUT2D eigenvalue weighted by atomic mass is 9.93. The van der Waals surface area contributed by atoms with Crippen molar-refractivity contribution in [2.75, 3.05) is 38.2 Å². The molecule has 2 aliphatic heterocycles. The van der Waals surface area contributed by atoms with Crippen molar-refractivity contribution >= 4 is 29.5 Å². The highest BCUT2D eigenvalue weighted by molar-refractivity contribution is 7.99. The number of hydrogen-bond donors (Lipinski definition) is 2. The van der Waals surface area contributed by atoms with Crippen LogP contribution >= 0.6 is 11.8 Å². The Bertz CT molecular complexity index is 750. The molecule has 12 heteroatoms.